The lowest BCUT2D eigenvalue weighted by molar-refractivity contribution is -0.0379. The van der Waals surface area contributed by atoms with Crippen molar-refractivity contribution in [2.75, 3.05) is 0 Å². The van der Waals surface area contributed by atoms with E-state index in [4.69, 9.17) is 32.9 Å². The molecule has 3 heterocycles. The van der Waals surface area contributed by atoms with Crippen LogP contribution in [0.25, 0.3) is 15.9 Å². The Morgan fingerprint density at radius 1 is 1.21 bits per heavy atom. The molecule has 0 atom stereocenters. The minimum Gasteiger partial charge on any atom is -0.370 e. The minimum atomic E-state index is -0.305. The zero-order valence-electron chi connectivity index (χ0n) is 18.4. The number of aryl methyl sites for hydroxylation is 1. The third kappa shape index (κ3) is 4.47. The van der Waals surface area contributed by atoms with Crippen LogP contribution in [0, 0.1) is 6.92 Å². The van der Waals surface area contributed by atoms with Crippen LogP contribution in [-0.4, -0.2) is 15.2 Å². The van der Waals surface area contributed by atoms with Gasteiger partial charge in [-0.3, -0.25) is 9.36 Å². The van der Waals surface area contributed by atoms with Crippen LogP contribution >= 0.6 is 46.3 Å². The Labute approximate surface area is 210 Å². The van der Waals surface area contributed by atoms with Gasteiger partial charge in [-0.1, -0.05) is 53.2 Å². The molecule has 5 rings (SSSR count). The van der Waals surface area contributed by atoms with Crippen LogP contribution < -0.4 is 5.56 Å². The molecule has 0 bridgehead atoms. The smallest absolute Gasteiger partial charge is 0.267 e. The highest BCUT2D eigenvalue weighted by Gasteiger charge is 2.31. The maximum Gasteiger partial charge on any atom is 0.267 e. The normalized spacial score (nSPS) is 15.1. The number of hydrogen-bond donors (Lipinski definition) is 0. The summed E-state index contributed by atoms with van der Waals surface area (Å²) in [5.74, 6) is 0.570. The maximum absolute atomic E-state index is 14.0. The molecule has 170 valence electrons. The predicted octanol–water partition coefficient (Wildman–Crippen LogP) is 7.21. The molecule has 0 saturated carbocycles. The molecular weight excluding hydrogens is 495 g/mol. The van der Waals surface area contributed by atoms with Crippen LogP contribution in [0.5, 0.6) is 0 Å². The van der Waals surface area contributed by atoms with Gasteiger partial charge in [0.15, 0.2) is 5.16 Å². The number of ether oxygens (including phenoxy) is 1. The fourth-order valence-electron chi connectivity index (χ4n) is 4.05. The first-order chi connectivity index (χ1) is 15.7. The molecule has 33 heavy (non-hydrogen) atoms. The van der Waals surface area contributed by atoms with E-state index in [0.29, 0.717) is 39.4 Å². The predicted molar refractivity (Wildman–Crippen MR) is 139 cm³/mol. The third-order valence-electron chi connectivity index (χ3n) is 5.71. The summed E-state index contributed by atoms with van der Waals surface area (Å²) in [5, 5.41) is 2.55. The Kier molecular flexibility index (Phi) is 6.08. The van der Waals surface area contributed by atoms with Crippen molar-refractivity contribution in [3.05, 3.63) is 84.4 Å². The van der Waals surface area contributed by atoms with Gasteiger partial charge in [0.1, 0.15) is 4.83 Å². The lowest BCUT2D eigenvalue weighted by Crippen LogP contribution is -2.32. The number of halogens is 2. The Morgan fingerprint density at radius 3 is 2.79 bits per heavy atom. The molecule has 0 fully saturated rings. The van der Waals surface area contributed by atoms with Gasteiger partial charge in [-0.15, -0.1) is 11.3 Å². The van der Waals surface area contributed by atoms with Gasteiger partial charge < -0.3 is 4.74 Å². The molecule has 2 aromatic heterocycles. The van der Waals surface area contributed by atoms with Crippen molar-refractivity contribution in [3.63, 3.8) is 0 Å². The van der Waals surface area contributed by atoms with Gasteiger partial charge in [-0.2, -0.15) is 0 Å². The van der Waals surface area contributed by atoms with Crippen molar-refractivity contribution in [3.8, 4) is 5.69 Å². The van der Waals surface area contributed by atoms with Gasteiger partial charge in [0, 0.05) is 27.1 Å². The van der Waals surface area contributed by atoms with Crippen LogP contribution in [0.4, 0.5) is 0 Å². The largest absolute Gasteiger partial charge is 0.370 e. The monoisotopic (exact) mass is 516 g/mol. The molecule has 0 radical (unpaired) electrons. The Balaban J connectivity index is 1.67. The maximum atomic E-state index is 14.0. The number of fused-ring (bicyclic) bond motifs is 3. The average molecular weight is 518 g/mol. The highest BCUT2D eigenvalue weighted by molar-refractivity contribution is 7.98. The molecule has 4 nitrogen and oxygen atoms in total. The Bertz CT molecular complexity index is 1440. The topological polar surface area (TPSA) is 44.1 Å². The summed E-state index contributed by atoms with van der Waals surface area (Å²) in [6, 6.07) is 13.4. The van der Waals surface area contributed by atoms with Crippen LogP contribution in [-0.2, 0) is 23.5 Å². The van der Waals surface area contributed by atoms with E-state index in [-0.39, 0.29) is 11.2 Å². The van der Waals surface area contributed by atoms with Crippen LogP contribution in [0.15, 0.2) is 52.4 Å². The minimum absolute atomic E-state index is 0.0366. The van der Waals surface area contributed by atoms with E-state index >= 15 is 0 Å². The van der Waals surface area contributed by atoms with Gasteiger partial charge in [-0.25, -0.2) is 4.98 Å². The lowest BCUT2D eigenvalue weighted by atomic mass is 9.94. The number of aromatic nitrogens is 2. The molecular formula is C25H22Cl2N2O2S2. The first-order valence-electron chi connectivity index (χ1n) is 10.6. The molecule has 4 aromatic rings. The summed E-state index contributed by atoms with van der Waals surface area (Å²) >= 11 is 15.5. The molecule has 8 heteroatoms. The van der Waals surface area contributed by atoms with Gasteiger partial charge >= 0.3 is 0 Å². The summed E-state index contributed by atoms with van der Waals surface area (Å²) in [5.41, 5.74) is 3.56. The molecule has 2 aromatic carbocycles. The molecule has 0 amide bonds. The highest BCUT2D eigenvalue weighted by Crippen LogP contribution is 2.38. The zero-order chi connectivity index (χ0) is 23.3. The number of hydrogen-bond acceptors (Lipinski definition) is 5. The van der Waals surface area contributed by atoms with Gasteiger partial charge in [-0.05, 0) is 61.7 Å². The van der Waals surface area contributed by atoms with Crippen molar-refractivity contribution in [2.24, 2.45) is 0 Å². The van der Waals surface area contributed by atoms with E-state index in [2.05, 4.69) is 13.8 Å². The van der Waals surface area contributed by atoms with Crippen LogP contribution in [0.3, 0.4) is 0 Å². The summed E-state index contributed by atoms with van der Waals surface area (Å²) in [6.45, 7) is 6.65. The summed E-state index contributed by atoms with van der Waals surface area (Å²) in [7, 11) is 0. The second-order valence-electron chi connectivity index (χ2n) is 8.81. The number of thiophene rings is 1. The molecule has 0 saturated heterocycles. The van der Waals surface area contributed by atoms with Gasteiger partial charge in [0.2, 0.25) is 0 Å². The van der Waals surface area contributed by atoms with Crippen molar-refractivity contribution >= 4 is 56.5 Å². The van der Waals surface area contributed by atoms with E-state index < -0.39 is 0 Å². The van der Waals surface area contributed by atoms with E-state index in [0.717, 1.165) is 32.1 Å². The average Bonchev–Trinajstić information content (AvgIpc) is 3.10. The molecule has 0 aliphatic carbocycles. The first-order valence-corrected chi connectivity index (χ1v) is 13.1. The van der Waals surface area contributed by atoms with E-state index in [9.17, 15) is 4.79 Å². The van der Waals surface area contributed by atoms with Crippen molar-refractivity contribution in [2.45, 2.75) is 50.3 Å². The second-order valence-corrected chi connectivity index (χ2v) is 11.7. The fraction of sp³-hybridized carbons (Fsp3) is 0.280. The Morgan fingerprint density at radius 2 is 2.03 bits per heavy atom. The van der Waals surface area contributed by atoms with Crippen molar-refractivity contribution < 1.29 is 4.74 Å². The lowest BCUT2D eigenvalue weighted by Gasteiger charge is -2.29. The number of thioether (sulfide) groups is 1. The summed E-state index contributed by atoms with van der Waals surface area (Å²) < 4.78 is 7.73. The number of benzene rings is 2. The quantitative estimate of drug-likeness (QED) is 0.212. The number of rotatable bonds is 4. The van der Waals surface area contributed by atoms with Gasteiger partial charge in [0.25, 0.3) is 5.56 Å². The summed E-state index contributed by atoms with van der Waals surface area (Å²) in [4.78, 5) is 20.8. The Hall–Kier alpha value is -1.83. The molecule has 1 aliphatic heterocycles. The fourth-order valence-corrected chi connectivity index (χ4v) is 6.76. The van der Waals surface area contributed by atoms with Crippen LogP contribution in [0.1, 0.15) is 35.4 Å². The number of nitrogens with zero attached hydrogens (tertiary/aromatic N) is 2. The van der Waals surface area contributed by atoms with E-state index in [1.165, 1.54) is 11.8 Å². The zero-order valence-corrected chi connectivity index (χ0v) is 21.6. The second kappa shape index (κ2) is 8.75. The van der Waals surface area contributed by atoms with Gasteiger partial charge in [0.05, 0.1) is 23.3 Å². The molecule has 0 N–H and O–H groups in total. The third-order valence-corrected chi connectivity index (χ3v) is 8.38. The standard InChI is InChI=1S/C25H22Cl2N2O2S2/c1-14-5-4-6-17(9-14)29-23(30)21-18-11-25(2,3)31-12-20(18)33-22(21)28-24(29)32-13-15-7-8-16(26)10-19(15)27/h4-10H,11-13H2,1-3H3. The van der Waals surface area contributed by atoms with Crippen molar-refractivity contribution in [1.82, 2.24) is 9.55 Å². The molecule has 0 spiro atoms. The highest BCUT2D eigenvalue weighted by atomic mass is 35.5. The molecule has 1 aliphatic rings. The molecule has 0 unspecified atom stereocenters. The summed E-state index contributed by atoms with van der Waals surface area (Å²) in [6.07, 6.45) is 0.694. The van der Waals surface area contributed by atoms with Crippen molar-refractivity contribution in [1.29, 1.82) is 0 Å². The van der Waals surface area contributed by atoms with E-state index in [1.54, 1.807) is 22.0 Å². The van der Waals surface area contributed by atoms with Crippen LogP contribution in [0.2, 0.25) is 10.0 Å². The van der Waals surface area contributed by atoms with E-state index in [1.807, 2.05) is 43.3 Å². The SMILES string of the molecule is Cc1cccc(-n2c(SCc3ccc(Cl)cc3Cl)nc3sc4c(c3c2=O)CC(C)(C)OC4)c1. The first kappa shape index (κ1) is 22.9.